The standard InChI is InChI=1S/C7H14N4O2/c1-10(2)3-4-11(8)6-5-9-13-7(6)12/h5,12H,3-4,8H2,1-2H3. The molecular weight excluding hydrogens is 172 g/mol. The molecule has 0 aliphatic heterocycles. The van der Waals surface area contributed by atoms with Crippen LogP contribution in [-0.2, 0) is 0 Å². The fourth-order valence-corrected chi connectivity index (χ4v) is 0.853. The number of nitrogens with zero attached hydrogens (tertiary/aromatic N) is 3. The number of rotatable bonds is 4. The first kappa shape index (κ1) is 9.82. The van der Waals surface area contributed by atoms with Gasteiger partial charge in [0.25, 0.3) is 0 Å². The molecule has 0 saturated heterocycles. The molecule has 0 aliphatic rings. The number of aromatic nitrogens is 1. The number of hydrazine groups is 1. The molecule has 1 rings (SSSR count). The van der Waals surface area contributed by atoms with Crippen LogP contribution in [0, 0.1) is 0 Å². The van der Waals surface area contributed by atoms with Gasteiger partial charge in [-0.2, -0.15) is 0 Å². The highest BCUT2D eigenvalue weighted by atomic mass is 16.5. The minimum absolute atomic E-state index is 0.249. The van der Waals surface area contributed by atoms with Crippen LogP contribution < -0.4 is 10.9 Å². The van der Waals surface area contributed by atoms with Gasteiger partial charge >= 0.3 is 5.95 Å². The fraction of sp³-hybridized carbons (Fsp3) is 0.571. The zero-order valence-corrected chi connectivity index (χ0v) is 7.77. The minimum atomic E-state index is -0.249. The van der Waals surface area contributed by atoms with Crippen molar-refractivity contribution in [3.8, 4) is 5.95 Å². The van der Waals surface area contributed by atoms with E-state index in [1.165, 1.54) is 11.2 Å². The molecule has 0 aromatic carbocycles. The number of likely N-dealkylation sites (N-methyl/N-ethyl adjacent to an activating group) is 1. The third-order valence-electron chi connectivity index (χ3n) is 1.63. The van der Waals surface area contributed by atoms with E-state index in [4.69, 9.17) is 10.9 Å². The largest absolute Gasteiger partial charge is 0.478 e. The normalized spacial score (nSPS) is 10.8. The number of anilines is 1. The van der Waals surface area contributed by atoms with E-state index in [0.717, 1.165) is 6.54 Å². The molecule has 6 nitrogen and oxygen atoms in total. The van der Waals surface area contributed by atoms with Gasteiger partial charge in [0, 0.05) is 13.1 Å². The maximum absolute atomic E-state index is 9.12. The molecule has 1 aromatic rings. The Hall–Kier alpha value is -1.27. The number of hydrogen-bond acceptors (Lipinski definition) is 6. The van der Waals surface area contributed by atoms with Gasteiger partial charge in [-0.25, -0.2) is 5.84 Å². The highest BCUT2D eigenvalue weighted by Crippen LogP contribution is 2.23. The van der Waals surface area contributed by atoms with Crippen LogP contribution in [0.3, 0.4) is 0 Å². The lowest BCUT2D eigenvalue weighted by Gasteiger charge is -2.18. The Morgan fingerprint density at radius 3 is 2.69 bits per heavy atom. The second-order valence-corrected chi connectivity index (χ2v) is 3.01. The first-order valence-corrected chi connectivity index (χ1v) is 3.92. The second-order valence-electron chi connectivity index (χ2n) is 3.01. The summed E-state index contributed by atoms with van der Waals surface area (Å²) >= 11 is 0. The summed E-state index contributed by atoms with van der Waals surface area (Å²) in [6.45, 7) is 1.39. The van der Waals surface area contributed by atoms with Gasteiger partial charge in [-0.1, -0.05) is 5.16 Å². The molecule has 0 fully saturated rings. The summed E-state index contributed by atoms with van der Waals surface area (Å²) in [6, 6.07) is 0. The summed E-state index contributed by atoms with van der Waals surface area (Å²) in [5.41, 5.74) is 0.404. The van der Waals surface area contributed by atoms with Crippen LogP contribution >= 0.6 is 0 Å². The van der Waals surface area contributed by atoms with Crippen LogP contribution in [-0.4, -0.2) is 42.3 Å². The Balaban J connectivity index is 2.49. The molecule has 0 spiro atoms. The number of nitrogens with two attached hydrogens (primary N) is 1. The summed E-state index contributed by atoms with van der Waals surface area (Å²) < 4.78 is 4.46. The van der Waals surface area contributed by atoms with Gasteiger partial charge in [-0.3, -0.25) is 0 Å². The molecule has 0 atom stereocenters. The number of hydrogen-bond donors (Lipinski definition) is 2. The van der Waals surface area contributed by atoms with E-state index in [1.54, 1.807) is 0 Å². The molecule has 0 bridgehead atoms. The summed E-state index contributed by atoms with van der Waals surface area (Å²) in [4.78, 5) is 1.99. The van der Waals surface area contributed by atoms with E-state index < -0.39 is 0 Å². The molecule has 1 heterocycles. The first-order valence-electron chi connectivity index (χ1n) is 3.92. The Morgan fingerprint density at radius 2 is 2.23 bits per heavy atom. The lowest BCUT2D eigenvalue weighted by molar-refractivity contribution is 0.278. The van der Waals surface area contributed by atoms with Gasteiger partial charge in [0.1, 0.15) is 0 Å². The van der Waals surface area contributed by atoms with Crippen molar-refractivity contribution in [1.82, 2.24) is 10.1 Å². The summed E-state index contributed by atoms with van der Waals surface area (Å²) in [7, 11) is 3.89. The van der Waals surface area contributed by atoms with Crippen molar-refractivity contribution in [3.05, 3.63) is 6.20 Å². The zero-order chi connectivity index (χ0) is 9.84. The Labute approximate surface area is 76.5 Å². The molecule has 6 heteroatoms. The lowest BCUT2D eigenvalue weighted by atomic mass is 10.5. The molecular formula is C7H14N4O2. The Morgan fingerprint density at radius 1 is 1.54 bits per heavy atom. The van der Waals surface area contributed by atoms with Gasteiger partial charge in [0.15, 0.2) is 5.69 Å². The third kappa shape index (κ3) is 2.60. The molecule has 74 valence electrons. The minimum Gasteiger partial charge on any atom is -0.478 e. The van der Waals surface area contributed by atoms with Crippen molar-refractivity contribution >= 4 is 5.69 Å². The molecule has 1 aromatic heterocycles. The van der Waals surface area contributed by atoms with Gasteiger partial charge in [-0.05, 0) is 14.1 Å². The van der Waals surface area contributed by atoms with Crippen molar-refractivity contribution < 1.29 is 9.63 Å². The SMILES string of the molecule is CN(C)CCN(N)c1cnoc1O. The monoisotopic (exact) mass is 186 g/mol. The van der Waals surface area contributed by atoms with Gasteiger partial charge < -0.3 is 19.5 Å². The average molecular weight is 186 g/mol. The zero-order valence-electron chi connectivity index (χ0n) is 7.77. The summed E-state index contributed by atoms with van der Waals surface area (Å²) in [6.07, 6.45) is 1.38. The van der Waals surface area contributed by atoms with Crippen molar-refractivity contribution in [2.75, 3.05) is 32.2 Å². The summed E-state index contributed by atoms with van der Waals surface area (Å²) in [5.74, 6) is 5.39. The van der Waals surface area contributed by atoms with Crippen molar-refractivity contribution in [2.45, 2.75) is 0 Å². The van der Waals surface area contributed by atoms with Gasteiger partial charge in [-0.15, -0.1) is 0 Å². The highest BCUT2D eigenvalue weighted by Gasteiger charge is 2.11. The van der Waals surface area contributed by atoms with Crippen molar-refractivity contribution in [1.29, 1.82) is 0 Å². The predicted octanol–water partition coefficient (Wildman–Crippen LogP) is -0.378. The quantitative estimate of drug-likeness (QED) is 0.493. The second kappa shape index (κ2) is 4.11. The smallest absolute Gasteiger partial charge is 0.333 e. The van der Waals surface area contributed by atoms with Crippen LogP contribution in [0.15, 0.2) is 10.7 Å². The maximum atomic E-state index is 9.12. The van der Waals surface area contributed by atoms with E-state index in [-0.39, 0.29) is 5.95 Å². The number of aromatic hydroxyl groups is 1. The fourth-order valence-electron chi connectivity index (χ4n) is 0.853. The van der Waals surface area contributed by atoms with E-state index in [1.807, 2.05) is 19.0 Å². The molecule has 0 aliphatic carbocycles. The van der Waals surface area contributed by atoms with Gasteiger partial charge in [0.05, 0.1) is 6.20 Å². The lowest BCUT2D eigenvalue weighted by Crippen LogP contribution is -2.36. The Kier molecular flexibility index (Phi) is 3.10. The van der Waals surface area contributed by atoms with Crippen LogP contribution in [0.2, 0.25) is 0 Å². The highest BCUT2D eigenvalue weighted by molar-refractivity contribution is 5.49. The molecule has 3 N–H and O–H groups in total. The van der Waals surface area contributed by atoms with Crippen molar-refractivity contribution in [3.63, 3.8) is 0 Å². The van der Waals surface area contributed by atoms with Crippen LogP contribution in [0.4, 0.5) is 5.69 Å². The summed E-state index contributed by atoms with van der Waals surface area (Å²) in [5, 5.41) is 13.9. The third-order valence-corrected chi connectivity index (χ3v) is 1.63. The first-order chi connectivity index (χ1) is 6.11. The van der Waals surface area contributed by atoms with Crippen LogP contribution in [0.1, 0.15) is 0 Å². The molecule has 0 saturated carbocycles. The average Bonchev–Trinajstić information content (AvgIpc) is 2.47. The topological polar surface area (TPSA) is 78.8 Å². The van der Waals surface area contributed by atoms with Crippen molar-refractivity contribution in [2.24, 2.45) is 5.84 Å². The molecule has 0 amide bonds. The van der Waals surface area contributed by atoms with E-state index >= 15 is 0 Å². The van der Waals surface area contributed by atoms with E-state index in [2.05, 4.69) is 9.68 Å². The van der Waals surface area contributed by atoms with E-state index in [9.17, 15) is 0 Å². The van der Waals surface area contributed by atoms with Crippen LogP contribution in [0.25, 0.3) is 0 Å². The molecule has 0 unspecified atom stereocenters. The maximum Gasteiger partial charge on any atom is 0.333 e. The van der Waals surface area contributed by atoms with E-state index in [0.29, 0.717) is 12.2 Å². The Bertz CT molecular complexity index is 261. The van der Waals surface area contributed by atoms with Gasteiger partial charge in [0.2, 0.25) is 0 Å². The van der Waals surface area contributed by atoms with Crippen LogP contribution in [0.5, 0.6) is 5.95 Å². The molecule has 13 heavy (non-hydrogen) atoms. The predicted molar refractivity (Wildman–Crippen MR) is 48.3 cm³/mol. The molecule has 0 radical (unpaired) electrons.